The first-order valence-corrected chi connectivity index (χ1v) is 12.0. The van der Waals surface area contributed by atoms with E-state index in [0.29, 0.717) is 45.4 Å². The lowest BCUT2D eigenvalue weighted by Crippen LogP contribution is -2.50. The molecule has 0 saturated heterocycles. The molecule has 0 aliphatic carbocycles. The number of carbonyl (C=O) groups is 2. The van der Waals surface area contributed by atoms with Gasteiger partial charge in [-0.25, -0.2) is 0 Å². The lowest BCUT2D eigenvalue weighted by Gasteiger charge is -2.30. The summed E-state index contributed by atoms with van der Waals surface area (Å²) >= 11 is 0. The van der Waals surface area contributed by atoms with Crippen molar-refractivity contribution in [3.05, 3.63) is 60.2 Å². The number of ether oxygens (including phenoxy) is 2. The van der Waals surface area contributed by atoms with Crippen LogP contribution in [0.25, 0.3) is 0 Å². The van der Waals surface area contributed by atoms with E-state index >= 15 is 0 Å². The minimum absolute atomic E-state index is 0.0123. The molecule has 0 bridgehead atoms. The standard InChI is InChI=1S/C27H38N2O4/c1-4-6-19-28-27(31)25(5-2)29(20-18-22-11-8-7-9-12-22)26(30)13-10-21-33-24-16-14-23(32-3)15-17-24/h7-9,11-12,14-17,25H,4-6,10,13,18-21H2,1-3H3,(H,28,31)/t25-/m1/s1. The molecule has 0 heterocycles. The zero-order chi connectivity index (χ0) is 23.9. The second-order valence-electron chi connectivity index (χ2n) is 8.02. The normalized spacial score (nSPS) is 11.5. The van der Waals surface area contributed by atoms with Crippen molar-refractivity contribution in [2.75, 3.05) is 26.8 Å². The fraction of sp³-hybridized carbons (Fsp3) is 0.481. The molecule has 6 heteroatoms. The van der Waals surface area contributed by atoms with Crippen molar-refractivity contribution in [2.24, 2.45) is 0 Å². The SMILES string of the molecule is CCCCNC(=O)[C@@H](CC)N(CCc1ccccc1)C(=O)CCCOc1ccc(OC)cc1. The molecule has 0 spiro atoms. The van der Waals surface area contributed by atoms with Crippen molar-refractivity contribution < 1.29 is 19.1 Å². The Hall–Kier alpha value is -3.02. The van der Waals surface area contributed by atoms with Crippen LogP contribution in [0.2, 0.25) is 0 Å². The molecule has 0 aliphatic rings. The van der Waals surface area contributed by atoms with Gasteiger partial charge in [0, 0.05) is 19.5 Å². The molecule has 1 N–H and O–H groups in total. The van der Waals surface area contributed by atoms with Crippen LogP contribution in [0.1, 0.15) is 51.5 Å². The molecule has 0 saturated carbocycles. The molecule has 2 aromatic rings. The van der Waals surface area contributed by atoms with Gasteiger partial charge in [0.05, 0.1) is 13.7 Å². The molecule has 2 aromatic carbocycles. The van der Waals surface area contributed by atoms with Crippen molar-refractivity contribution in [1.82, 2.24) is 10.2 Å². The van der Waals surface area contributed by atoms with Gasteiger partial charge in [-0.2, -0.15) is 0 Å². The zero-order valence-electron chi connectivity index (χ0n) is 20.2. The van der Waals surface area contributed by atoms with Crippen LogP contribution < -0.4 is 14.8 Å². The number of unbranched alkanes of at least 4 members (excludes halogenated alkanes) is 1. The first kappa shape index (κ1) is 26.2. The quantitative estimate of drug-likeness (QED) is 0.399. The Morgan fingerprint density at radius 3 is 2.30 bits per heavy atom. The Labute approximate surface area is 198 Å². The van der Waals surface area contributed by atoms with Crippen LogP contribution in [0.15, 0.2) is 54.6 Å². The van der Waals surface area contributed by atoms with E-state index in [1.54, 1.807) is 12.0 Å². The van der Waals surface area contributed by atoms with E-state index < -0.39 is 6.04 Å². The van der Waals surface area contributed by atoms with E-state index in [4.69, 9.17) is 9.47 Å². The Bertz CT molecular complexity index is 824. The second kappa shape index (κ2) is 14.9. The highest BCUT2D eigenvalue weighted by Gasteiger charge is 2.27. The van der Waals surface area contributed by atoms with Gasteiger partial charge in [-0.05, 0) is 55.5 Å². The number of amides is 2. The topological polar surface area (TPSA) is 67.9 Å². The number of hydrogen-bond donors (Lipinski definition) is 1. The van der Waals surface area contributed by atoms with Crippen LogP contribution in [-0.2, 0) is 16.0 Å². The van der Waals surface area contributed by atoms with Gasteiger partial charge in [-0.3, -0.25) is 9.59 Å². The zero-order valence-corrected chi connectivity index (χ0v) is 20.2. The third-order valence-corrected chi connectivity index (χ3v) is 5.56. The molecular weight excluding hydrogens is 416 g/mol. The van der Waals surface area contributed by atoms with Gasteiger partial charge in [-0.1, -0.05) is 50.6 Å². The second-order valence-corrected chi connectivity index (χ2v) is 8.02. The first-order chi connectivity index (χ1) is 16.1. The molecule has 0 fully saturated rings. The average Bonchev–Trinajstić information content (AvgIpc) is 2.85. The van der Waals surface area contributed by atoms with Crippen LogP contribution in [-0.4, -0.2) is 49.6 Å². The van der Waals surface area contributed by atoms with Gasteiger partial charge in [0.15, 0.2) is 0 Å². The number of benzene rings is 2. The maximum Gasteiger partial charge on any atom is 0.242 e. The van der Waals surface area contributed by atoms with Crippen molar-refractivity contribution in [3.63, 3.8) is 0 Å². The number of rotatable bonds is 15. The Balaban J connectivity index is 1.95. The number of carbonyl (C=O) groups excluding carboxylic acids is 2. The number of methoxy groups -OCH3 is 1. The number of nitrogens with one attached hydrogen (secondary N) is 1. The predicted molar refractivity (Wildman–Crippen MR) is 132 cm³/mol. The third-order valence-electron chi connectivity index (χ3n) is 5.56. The summed E-state index contributed by atoms with van der Waals surface area (Å²) in [6.07, 6.45) is 4.17. The molecular formula is C27H38N2O4. The molecule has 0 radical (unpaired) electrons. The van der Waals surface area contributed by atoms with E-state index in [1.165, 1.54) is 0 Å². The summed E-state index contributed by atoms with van der Waals surface area (Å²) in [6.45, 7) is 5.64. The monoisotopic (exact) mass is 454 g/mol. The molecule has 2 rings (SSSR count). The summed E-state index contributed by atoms with van der Waals surface area (Å²) in [4.78, 5) is 27.8. The van der Waals surface area contributed by atoms with E-state index in [2.05, 4.69) is 12.2 Å². The van der Waals surface area contributed by atoms with Gasteiger partial charge < -0.3 is 19.7 Å². The Morgan fingerprint density at radius 2 is 1.67 bits per heavy atom. The van der Waals surface area contributed by atoms with Crippen molar-refractivity contribution >= 4 is 11.8 Å². The van der Waals surface area contributed by atoms with E-state index in [-0.39, 0.29) is 11.8 Å². The highest BCUT2D eigenvalue weighted by Crippen LogP contribution is 2.17. The molecule has 2 amide bonds. The summed E-state index contributed by atoms with van der Waals surface area (Å²) < 4.78 is 10.9. The van der Waals surface area contributed by atoms with E-state index in [0.717, 1.165) is 29.9 Å². The fourth-order valence-electron chi connectivity index (χ4n) is 3.63. The van der Waals surface area contributed by atoms with Gasteiger partial charge in [0.1, 0.15) is 17.5 Å². The van der Waals surface area contributed by atoms with Crippen LogP contribution in [0, 0.1) is 0 Å². The van der Waals surface area contributed by atoms with Crippen molar-refractivity contribution in [3.8, 4) is 11.5 Å². The first-order valence-electron chi connectivity index (χ1n) is 12.0. The maximum absolute atomic E-state index is 13.2. The fourth-order valence-corrected chi connectivity index (χ4v) is 3.63. The van der Waals surface area contributed by atoms with Gasteiger partial charge in [-0.15, -0.1) is 0 Å². The van der Waals surface area contributed by atoms with E-state index in [9.17, 15) is 9.59 Å². The molecule has 6 nitrogen and oxygen atoms in total. The molecule has 0 aromatic heterocycles. The highest BCUT2D eigenvalue weighted by atomic mass is 16.5. The maximum atomic E-state index is 13.2. The molecule has 1 atom stereocenters. The molecule has 0 unspecified atom stereocenters. The Morgan fingerprint density at radius 1 is 0.970 bits per heavy atom. The Kier molecular flexibility index (Phi) is 11.9. The molecule has 33 heavy (non-hydrogen) atoms. The third kappa shape index (κ3) is 9.16. The summed E-state index contributed by atoms with van der Waals surface area (Å²) in [7, 11) is 1.62. The smallest absolute Gasteiger partial charge is 0.242 e. The highest BCUT2D eigenvalue weighted by molar-refractivity contribution is 5.87. The summed E-state index contributed by atoms with van der Waals surface area (Å²) in [6, 6.07) is 17.0. The summed E-state index contributed by atoms with van der Waals surface area (Å²) in [5.74, 6) is 1.43. The summed E-state index contributed by atoms with van der Waals surface area (Å²) in [5.41, 5.74) is 1.15. The largest absolute Gasteiger partial charge is 0.497 e. The summed E-state index contributed by atoms with van der Waals surface area (Å²) in [5, 5.41) is 3.00. The van der Waals surface area contributed by atoms with Crippen molar-refractivity contribution in [1.29, 1.82) is 0 Å². The lowest BCUT2D eigenvalue weighted by atomic mass is 10.1. The lowest BCUT2D eigenvalue weighted by molar-refractivity contribution is -0.140. The average molecular weight is 455 g/mol. The number of nitrogens with zero attached hydrogens (tertiary/aromatic N) is 1. The van der Waals surface area contributed by atoms with Gasteiger partial charge >= 0.3 is 0 Å². The molecule has 0 aliphatic heterocycles. The van der Waals surface area contributed by atoms with Crippen LogP contribution in [0.3, 0.4) is 0 Å². The minimum atomic E-state index is -0.458. The predicted octanol–water partition coefficient (Wildman–Crippen LogP) is 4.62. The van der Waals surface area contributed by atoms with Crippen LogP contribution >= 0.6 is 0 Å². The van der Waals surface area contributed by atoms with E-state index in [1.807, 2.05) is 61.5 Å². The van der Waals surface area contributed by atoms with Gasteiger partial charge in [0.25, 0.3) is 0 Å². The van der Waals surface area contributed by atoms with Crippen LogP contribution in [0.4, 0.5) is 0 Å². The van der Waals surface area contributed by atoms with Gasteiger partial charge in [0.2, 0.25) is 11.8 Å². The van der Waals surface area contributed by atoms with Crippen molar-refractivity contribution in [2.45, 2.75) is 58.4 Å². The number of hydrogen-bond acceptors (Lipinski definition) is 4. The molecule has 180 valence electrons. The van der Waals surface area contributed by atoms with Crippen LogP contribution in [0.5, 0.6) is 11.5 Å². The minimum Gasteiger partial charge on any atom is -0.497 e.